The third-order valence-electron chi connectivity index (χ3n) is 3.43. The van der Waals surface area contributed by atoms with Crippen LogP contribution in [0.2, 0.25) is 0 Å². The first-order chi connectivity index (χ1) is 11.2. The van der Waals surface area contributed by atoms with Crippen LogP contribution >= 0.6 is 7.82 Å². The molecule has 0 radical (unpaired) electrons. The van der Waals surface area contributed by atoms with Crippen LogP contribution in [-0.4, -0.2) is 59.5 Å². The number of phosphoric acid groups is 1. The number of hydrogen-bond donors (Lipinski definition) is 4. The fourth-order valence-electron chi connectivity index (χ4n) is 2.47. The minimum Gasteiger partial charge on any atom is -0.857 e. The smallest absolute Gasteiger partial charge is 0.857 e. The van der Waals surface area contributed by atoms with Crippen LogP contribution in [0.3, 0.4) is 0 Å². The van der Waals surface area contributed by atoms with Crippen LogP contribution in [0.15, 0.2) is 6.33 Å². The molecule has 13 nitrogen and oxygen atoms in total. The summed E-state index contributed by atoms with van der Waals surface area (Å²) in [5, 5.41) is 31.2. The van der Waals surface area contributed by atoms with Gasteiger partial charge in [-0.15, -0.1) is 0 Å². The molecule has 1 aliphatic rings. The molecule has 0 spiro atoms. The zero-order valence-corrected chi connectivity index (χ0v) is 18.7. The number of anilines is 1. The summed E-state index contributed by atoms with van der Waals surface area (Å²) in [7, 11) is -5.19. The Morgan fingerprint density at radius 1 is 1.42 bits per heavy atom. The predicted molar refractivity (Wildman–Crippen MR) is 70.9 cm³/mol. The maximum Gasteiger partial charge on any atom is 1.00 e. The molecule has 132 valence electrons. The van der Waals surface area contributed by atoms with Crippen LogP contribution < -0.4 is 74.8 Å². The fraction of sp³-hybridized carbons (Fsp3) is 0.500. The zero-order valence-electron chi connectivity index (χ0n) is 13.8. The normalized spacial score (nSPS) is 27.5. The van der Waals surface area contributed by atoms with Crippen LogP contribution in [0.1, 0.15) is 6.23 Å². The number of ether oxygens (including phenoxy) is 1. The number of hydrogen-bond acceptors (Lipinski definition) is 11. The molecule has 1 saturated heterocycles. The van der Waals surface area contributed by atoms with Crippen molar-refractivity contribution < 1.29 is 98.0 Å². The summed E-state index contributed by atoms with van der Waals surface area (Å²) in [6, 6.07) is 0. The fourth-order valence-corrected chi connectivity index (χ4v) is 3.04. The molecule has 0 saturated carbocycles. The van der Waals surface area contributed by atoms with E-state index in [1.807, 2.05) is 0 Å². The monoisotopic (exact) mass is 407 g/mol. The Morgan fingerprint density at radius 2 is 2.08 bits per heavy atom. The van der Waals surface area contributed by atoms with Gasteiger partial charge in [-0.1, -0.05) is 0 Å². The second kappa shape index (κ2) is 9.09. The SMILES string of the molecule is Nc1nc([O-])c2ncn([C@@H]3O[C@H](CO)[C@@H](OP(=O)([O-])O)[C@H]3O)c2n1.[Na+].[Na+]. The molecule has 5 atom stereocenters. The van der Waals surface area contributed by atoms with Gasteiger partial charge in [-0.05, 0) is 0 Å². The van der Waals surface area contributed by atoms with E-state index in [1.165, 1.54) is 0 Å². The molecule has 1 aliphatic heterocycles. The number of aliphatic hydroxyl groups excluding tert-OH is 2. The van der Waals surface area contributed by atoms with Gasteiger partial charge < -0.3 is 40.1 Å². The molecule has 3 rings (SSSR count). The van der Waals surface area contributed by atoms with E-state index < -0.39 is 44.8 Å². The van der Waals surface area contributed by atoms with Gasteiger partial charge in [0.25, 0.3) is 7.82 Å². The van der Waals surface area contributed by atoms with Gasteiger partial charge in [-0.3, -0.25) is 9.13 Å². The van der Waals surface area contributed by atoms with Gasteiger partial charge in [0.05, 0.1) is 12.9 Å². The summed E-state index contributed by atoms with van der Waals surface area (Å²) in [5.41, 5.74) is 5.22. The number of rotatable bonds is 4. The van der Waals surface area contributed by atoms with Crippen LogP contribution in [0, 0.1) is 0 Å². The van der Waals surface area contributed by atoms with Crippen molar-refractivity contribution >= 4 is 24.9 Å². The number of fused-ring (bicyclic) bond motifs is 1. The first-order valence-electron chi connectivity index (χ1n) is 6.55. The quantitative estimate of drug-likeness (QED) is 0.275. The number of phosphoric ester groups is 1. The van der Waals surface area contributed by atoms with Gasteiger partial charge in [-0.2, -0.15) is 4.98 Å². The van der Waals surface area contributed by atoms with Crippen molar-refractivity contribution in [1.82, 2.24) is 19.5 Å². The standard InChI is InChI=1S/C10H14N5O8P.2Na/c11-10-13-7-4(8(18)14-10)12-2-15(7)9-5(17)6(3(1-16)22-9)23-24(19,20)21;;/h2-3,5-6,9,16-17H,1H2,(H2,19,20,21)(H3,11,13,14,18);;/q;2*+1/p-2/t3-,5-,6-,9-;;/m1../s1. The Labute approximate surface area is 190 Å². The van der Waals surface area contributed by atoms with Gasteiger partial charge >= 0.3 is 59.1 Å². The third kappa shape index (κ3) is 4.75. The Hall–Kier alpha value is 0.140. The third-order valence-corrected chi connectivity index (χ3v) is 3.94. The van der Waals surface area contributed by atoms with Crippen LogP contribution in [0.5, 0.6) is 5.88 Å². The molecule has 0 aliphatic carbocycles. The molecular weight excluding hydrogens is 395 g/mol. The van der Waals surface area contributed by atoms with Crippen LogP contribution in [0.25, 0.3) is 11.2 Å². The summed E-state index contributed by atoms with van der Waals surface area (Å²) in [5.74, 6) is -1.07. The minimum atomic E-state index is -5.19. The number of imidazole rings is 1. The van der Waals surface area contributed by atoms with E-state index in [0.29, 0.717) is 0 Å². The van der Waals surface area contributed by atoms with Gasteiger partial charge in [-0.25, -0.2) is 9.97 Å². The van der Waals surface area contributed by atoms with E-state index in [2.05, 4.69) is 19.5 Å². The first kappa shape index (κ1) is 24.2. The summed E-state index contributed by atoms with van der Waals surface area (Å²) in [6.45, 7) is -0.700. The largest absolute Gasteiger partial charge is 1.00 e. The van der Waals surface area contributed by atoms with E-state index in [1.54, 1.807) is 0 Å². The predicted octanol–water partition coefficient (Wildman–Crippen LogP) is -9.41. The topological polar surface area (TPSA) is 212 Å². The molecule has 0 aromatic carbocycles. The maximum absolute atomic E-state index is 11.7. The van der Waals surface area contributed by atoms with Crippen molar-refractivity contribution in [3.8, 4) is 5.88 Å². The molecule has 3 heterocycles. The Kier molecular flexibility index (Phi) is 8.46. The van der Waals surface area contributed by atoms with Gasteiger partial charge in [0.15, 0.2) is 11.9 Å². The molecule has 0 amide bonds. The number of nitrogens with two attached hydrogens (primary N) is 1. The van der Waals surface area contributed by atoms with Crippen molar-refractivity contribution in [2.24, 2.45) is 0 Å². The maximum atomic E-state index is 11.7. The van der Waals surface area contributed by atoms with Crippen molar-refractivity contribution in [3.63, 3.8) is 0 Å². The van der Waals surface area contributed by atoms with E-state index in [9.17, 15) is 24.8 Å². The molecule has 2 aromatic heterocycles. The van der Waals surface area contributed by atoms with Crippen molar-refractivity contribution in [2.45, 2.75) is 24.5 Å². The Bertz CT molecular complexity index is 818. The molecular formula is C10H12N5Na2O8P. The second-order valence-electron chi connectivity index (χ2n) is 4.99. The average molecular weight is 407 g/mol. The molecule has 16 heteroatoms. The van der Waals surface area contributed by atoms with Gasteiger partial charge in [0.2, 0.25) is 5.95 Å². The Balaban J connectivity index is 0.00000169. The van der Waals surface area contributed by atoms with E-state index >= 15 is 0 Å². The van der Waals surface area contributed by atoms with Gasteiger partial charge in [0.1, 0.15) is 23.8 Å². The minimum absolute atomic E-state index is 0. The molecule has 1 unspecified atom stereocenters. The summed E-state index contributed by atoms with van der Waals surface area (Å²) >= 11 is 0. The summed E-state index contributed by atoms with van der Waals surface area (Å²) in [4.78, 5) is 30.7. The van der Waals surface area contributed by atoms with Crippen molar-refractivity contribution in [2.75, 3.05) is 12.3 Å². The molecule has 2 aromatic rings. The Morgan fingerprint density at radius 3 is 2.65 bits per heavy atom. The zero-order chi connectivity index (χ0) is 17.6. The molecule has 5 N–H and O–H groups in total. The summed E-state index contributed by atoms with van der Waals surface area (Å²) in [6.07, 6.45) is -4.64. The van der Waals surface area contributed by atoms with E-state index in [4.69, 9.17) is 15.4 Å². The number of nitrogen functional groups attached to an aromatic ring is 1. The van der Waals surface area contributed by atoms with Crippen molar-refractivity contribution in [1.29, 1.82) is 0 Å². The first-order valence-corrected chi connectivity index (χ1v) is 8.04. The van der Waals surface area contributed by atoms with Crippen LogP contribution in [-0.2, 0) is 13.8 Å². The number of nitrogens with zero attached hydrogens (tertiary/aromatic N) is 4. The van der Waals surface area contributed by atoms with E-state index in [0.717, 1.165) is 10.9 Å². The van der Waals surface area contributed by atoms with Gasteiger partial charge in [0, 0.05) is 5.88 Å². The number of aromatic nitrogens is 4. The summed E-state index contributed by atoms with van der Waals surface area (Å²) < 4.78 is 21.7. The van der Waals surface area contributed by atoms with Crippen LogP contribution in [0.4, 0.5) is 5.95 Å². The molecule has 1 fully saturated rings. The average Bonchev–Trinajstić information content (AvgIpc) is 3.00. The van der Waals surface area contributed by atoms with Crippen molar-refractivity contribution in [3.05, 3.63) is 6.33 Å². The second-order valence-corrected chi connectivity index (χ2v) is 6.14. The molecule has 0 bridgehead atoms. The van der Waals surface area contributed by atoms with E-state index in [-0.39, 0.29) is 76.2 Å². The number of aliphatic hydroxyl groups is 2. The molecule has 26 heavy (non-hydrogen) atoms.